The second-order valence-corrected chi connectivity index (χ2v) is 7.37. The molecule has 1 N–H and O–H groups in total. The van der Waals surface area contributed by atoms with Gasteiger partial charge in [0.2, 0.25) is 0 Å². The molecule has 134 valence electrons. The van der Waals surface area contributed by atoms with E-state index in [0.29, 0.717) is 17.3 Å². The van der Waals surface area contributed by atoms with Crippen LogP contribution < -0.4 is 0 Å². The molecule has 4 rings (SSSR count). The normalized spacial score (nSPS) is 20.2. The van der Waals surface area contributed by atoms with Crippen molar-refractivity contribution in [2.75, 3.05) is 26.2 Å². The van der Waals surface area contributed by atoms with Crippen LogP contribution in [-0.2, 0) is 0 Å². The summed E-state index contributed by atoms with van der Waals surface area (Å²) >= 11 is 0. The molecule has 2 aliphatic rings. The number of amides is 1. The summed E-state index contributed by atoms with van der Waals surface area (Å²) in [5, 5.41) is 14.0. The summed E-state index contributed by atoms with van der Waals surface area (Å²) in [5.74, 6) is 0.0343. The van der Waals surface area contributed by atoms with E-state index in [4.69, 9.17) is 0 Å². The average molecular weight is 343 g/mol. The van der Waals surface area contributed by atoms with Gasteiger partial charge in [-0.1, -0.05) is 0 Å². The second kappa shape index (κ2) is 6.07. The molecular formula is C18H25N5O2. The van der Waals surface area contributed by atoms with Crippen LogP contribution in [0.5, 0.6) is 0 Å². The first-order valence-electron chi connectivity index (χ1n) is 8.99. The van der Waals surface area contributed by atoms with Crippen molar-refractivity contribution in [2.24, 2.45) is 0 Å². The molecule has 1 amide bonds. The lowest BCUT2D eigenvalue weighted by Crippen LogP contribution is -2.58. The molecular weight excluding hydrogens is 318 g/mol. The summed E-state index contributed by atoms with van der Waals surface area (Å²) in [5.41, 5.74) is 3.91. The van der Waals surface area contributed by atoms with Gasteiger partial charge in [-0.3, -0.25) is 9.69 Å². The third-order valence-corrected chi connectivity index (χ3v) is 5.44. The lowest BCUT2D eigenvalue weighted by molar-refractivity contribution is -0.0381. The van der Waals surface area contributed by atoms with Crippen molar-refractivity contribution < 1.29 is 9.90 Å². The predicted molar refractivity (Wildman–Crippen MR) is 93.7 cm³/mol. The minimum atomic E-state index is -0.168. The minimum absolute atomic E-state index is 0.0343. The number of aromatic nitrogens is 3. The number of carbonyl (C=O) groups excluding carboxylic acids is 1. The molecule has 0 atom stereocenters. The Hall–Kier alpha value is -1.99. The molecule has 2 fully saturated rings. The fourth-order valence-corrected chi connectivity index (χ4v) is 4.06. The number of rotatable bonds is 2. The van der Waals surface area contributed by atoms with Crippen molar-refractivity contribution in [3.63, 3.8) is 0 Å². The van der Waals surface area contributed by atoms with Gasteiger partial charge in [-0.05, 0) is 39.7 Å². The van der Waals surface area contributed by atoms with E-state index in [-0.39, 0.29) is 12.0 Å². The number of piperidine rings is 1. The molecule has 0 saturated carbocycles. The molecule has 0 bridgehead atoms. The Morgan fingerprint density at radius 1 is 1.20 bits per heavy atom. The van der Waals surface area contributed by atoms with Gasteiger partial charge in [0.15, 0.2) is 5.65 Å². The van der Waals surface area contributed by atoms with Gasteiger partial charge in [0.25, 0.3) is 5.91 Å². The van der Waals surface area contributed by atoms with E-state index in [1.54, 1.807) is 4.52 Å². The van der Waals surface area contributed by atoms with E-state index in [1.165, 1.54) is 0 Å². The molecule has 2 aromatic rings. The topological polar surface area (TPSA) is 74.0 Å². The second-order valence-electron chi connectivity index (χ2n) is 7.37. The molecule has 2 saturated heterocycles. The third kappa shape index (κ3) is 2.81. The highest BCUT2D eigenvalue weighted by Crippen LogP contribution is 2.24. The zero-order valence-corrected chi connectivity index (χ0v) is 15.1. The number of likely N-dealkylation sites (tertiary alicyclic amines) is 2. The maximum atomic E-state index is 13.1. The van der Waals surface area contributed by atoms with Crippen LogP contribution >= 0.6 is 0 Å². The molecule has 0 radical (unpaired) electrons. The van der Waals surface area contributed by atoms with Crippen LogP contribution in [0.4, 0.5) is 0 Å². The number of hydrogen-bond donors (Lipinski definition) is 1. The summed E-state index contributed by atoms with van der Waals surface area (Å²) < 4.78 is 1.77. The van der Waals surface area contributed by atoms with Crippen molar-refractivity contribution >= 4 is 11.6 Å². The first-order chi connectivity index (χ1) is 11.9. The standard InChI is InChI=1S/C18H25N5O2/c1-11-8-12(2)23-17(19-11)16(13(3)20-23)18(25)21-6-4-14(5-7-21)22-9-15(24)10-22/h8,14-15,24H,4-7,9-10H2,1-3H3. The number of hydrogen-bond acceptors (Lipinski definition) is 5. The third-order valence-electron chi connectivity index (χ3n) is 5.44. The van der Waals surface area contributed by atoms with Gasteiger partial charge in [0, 0.05) is 43.6 Å². The maximum absolute atomic E-state index is 13.1. The number of nitrogens with zero attached hydrogens (tertiary/aromatic N) is 5. The van der Waals surface area contributed by atoms with Crippen LogP contribution in [-0.4, -0.2) is 73.7 Å². The fraction of sp³-hybridized carbons (Fsp3) is 0.611. The summed E-state index contributed by atoms with van der Waals surface area (Å²) in [7, 11) is 0. The van der Waals surface area contributed by atoms with Crippen molar-refractivity contribution in [3.05, 3.63) is 28.7 Å². The molecule has 0 aliphatic carbocycles. The van der Waals surface area contributed by atoms with E-state index < -0.39 is 0 Å². The molecule has 2 aliphatic heterocycles. The van der Waals surface area contributed by atoms with E-state index in [9.17, 15) is 9.90 Å². The zero-order valence-electron chi connectivity index (χ0n) is 15.1. The van der Waals surface area contributed by atoms with Crippen LogP contribution in [0.2, 0.25) is 0 Å². The van der Waals surface area contributed by atoms with Gasteiger partial charge < -0.3 is 10.0 Å². The summed E-state index contributed by atoms with van der Waals surface area (Å²) in [6.07, 6.45) is 1.75. The largest absolute Gasteiger partial charge is 0.390 e. The Balaban J connectivity index is 1.54. The van der Waals surface area contributed by atoms with Gasteiger partial charge >= 0.3 is 0 Å². The Labute approximate surface area is 147 Å². The predicted octanol–water partition coefficient (Wildman–Crippen LogP) is 0.936. The van der Waals surface area contributed by atoms with Gasteiger partial charge in [0.1, 0.15) is 5.56 Å². The zero-order chi connectivity index (χ0) is 17.7. The molecule has 0 spiro atoms. The smallest absolute Gasteiger partial charge is 0.259 e. The summed E-state index contributed by atoms with van der Waals surface area (Å²) in [6, 6.07) is 2.46. The maximum Gasteiger partial charge on any atom is 0.259 e. The molecule has 4 heterocycles. The summed E-state index contributed by atoms with van der Waals surface area (Å²) in [4.78, 5) is 21.9. The highest BCUT2D eigenvalue weighted by molar-refractivity contribution is 6.01. The molecule has 0 aromatic carbocycles. The highest BCUT2D eigenvalue weighted by atomic mass is 16.3. The van der Waals surface area contributed by atoms with Gasteiger partial charge in [0.05, 0.1) is 11.8 Å². The SMILES string of the molecule is Cc1cc(C)n2nc(C)c(C(=O)N3CCC(N4CC(O)C4)CC3)c2n1. The van der Waals surface area contributed by atoms with Crippen molar-refractivity contribution in [1.82, 2.24) is 24.4 Å². The van der Waals surface area contributed by atoms with E-state index in [2.05, 4.69) is 15.0 Å². The van der Waals surface area contributed by atoms with Crippen LogP contribution in [0.1, 0.15) is 40.3 Å². The lowest BCUT2D eigenvalue weighted by atomic mass is 9.98. The first kappa shape index (κ1) is 16.5. The monoisotopic (exact) mass is 343 g/mol. The number of fused-ring (bicyclic) bond motifs is 1. The minimum Gasteiger partial charge on any atom is -0.390 e. The molecule has 0 unspecified atom stereocenters. The highest BCUT2D eigenvalue weighted by Gasteiger charge is 2.35. The lowest BCUT2D eigenvalue weighted by Gasteiger charge is -2.45. The van der Waals surface area contributed by atoms with E-state index in [0.717, 1.165) is 56.1 Å². The van der Waals surface area contributed by atoms with Crippen LogP contribution in [0.15, 0.2) is 6.07 Å². The fourth-order valence-electron chi connectivity index (χ4n) is 4.06. The number of β-amino-alcohol motifs (C(OH)–C–C–N with tert-alkyl or cyclic N) is 1. The number of aliphatic hydroxyl groups is 1. The van der Waals surface area contributed by atoms with Crippen LogP contribution in [0.3, 0.4) is 0 Å². The van der Waals surface area contributed by atoms with Crippen molar-refractivity contribution in [1.29, 1.82) is 0 Å². The average Bonchev–Trinajstić information content (AvgIpc) is 2.88. The van der Waals surface area contributed by atoms with E-state index >= 15 is 0 Å². The Bertz CT molecular complexity index is 816. The quantitative estimate of drug-likeness (QED) is 0.878. The Kier molecular flexibility index (Phi) is 4.00. The van der Waals surface area contributed by atoms with E-state index in [1.807, 2.05) is 31.7 Å². The number of aryl methyl sites for hydroxylation is 3. The first-order valence-corrected chi connectivity index (χ1v) is 8.99. The number of aliphatic hydroxyl groups excluding tert-OH is 1. The van der Waals surface area contributed by atoms with Crippen molar-refractivity contribution in [2.45, 2.75) is 45.8 Å². The molecule has 7 heteroatoms. The molecule has 2 aromatic heterocycles. The number of carbonyl (C=O) groups is 1. The van der Waals surface area contributed by atoms with Gasteiger partial charge in [-0.15, -0.1) is 0 Å². The molecule has 7 nitrogen and oxygen atoms in total. The Morgan fingerprint density at radius 2 is 1.88 bits per heavy atom. The van der Waals surface area contributed by atoms with Crippen LogP contribution in [0.25, 0.3) is 5.65 Å². The summed E-state index contributed by atoms with van der Waals surface area (Å²) in [6.45, 7) is 8.84. The van der Waals surface area contributed by atoms with Gasteiger partial charge in [-0.2, -0.15) is 5.10 Å². The molecule has 25 heavy (non-hydrogen) atoms. The Morgan fingerprint density at radius 3 is 2.52 bits per heavy atom. The van der Waals surface area contributed by atoms with Gasteiger partial charge in [-0.25, -0.2) is 9.50 Å². The van der Waals surface area contributed by atoms with Crippen LogP contribution in [0, 0.1) is 20.8 Å². The van der Waals surface area contributed by atoms with Crippen molar-refractivity contribution in [3.8, 4) is 0 Å².